The number of anilines is 1. The molecule has 0 bridgehead atoms. The Morgan fingerprint density at radius 2 is 2.00 bits per heavy atom. The van der Waals surface area contributed by atoms with E-state index in [9.17, 15) is 13.2 Å². The van der Waals surface area contributed by atoms with Gasteiger partial charge in [0.05, 0.1) is 21.7 Å². The molecule has 0 aliphatic carbocycles. The lowest BCUT2D eigenvalue weighted by Gasteiger charge is -2.07. The summed E-state index contributed by atoms with van der Waals surface area (Å²) in [6, 6.07) is 4.54. The summed E-state index contributed by atoms with van der Waals surface area (Å²) in [5.41, 5.74) is 6.29. The molecule has 0 aromatic heterocycles. The quantitative estimate of drug-likeness (QED) is 0.666. The van der Waals surface area contributed by atoms with Crippen LogP contribution < -0.4 is 5.73 Å². The van der Waals surface area contributed by atoms with Crippen molar-refractivity contribution in [2.45, 2.75) is 25.5 Å². The predicted molar refractivity (Wildman–Crippen MR) is 73.7 cm³/mol. The molecule has 100 valence electrons. The van der Waals surface area contributed by atoms with Crippen LogP contribution in [0.25, 0.3) is 0 Å². The van der Waals surface area contributed by atoms with Gasteiger partial charge < -0.3 is 5.73 Å². The number of carbonyl (C=O) groups excluding carboxylic acids is 1. The highest BCUT2D eigenvalue weighted by Crippen LogP contribution is 2.20. The first-order chi connectivity index (χ1) is 8.24. The normalized spacial score (nSPS) is 11.8. The summed E-state index contributed by atoms with van der Waals surface area (Å²) in [5, 5.41) is -0.0954. The lowest BCUT2D eigenvalue weighted by atomic mass is 10.1. The van der Waals surface area contributed by atoms with Crippen molar-refractivity contribution < 1.29 is 13.2 Å². The molecule has 0 aliphatic heterocycles. The van der Waals surface area contributed by atoms with E-state index in [0.29, 0.717) is 16.3 Å². The zero-order chi connectivity index (χ0) is 13.9. The number of ketones is 1. The van der Waals surface area contributed by atoms with E-state index in [2.05, 4.69) is 0 Å². The van der Waals surface area contributed by atoms with Gasteiger partial charge >= 0.3 is 0 Å². The van der Waals surface area contributed by atoms with Gasteiger partial charge in [0.25, 0.3) is 0 Å². The fourth-order valence-corrected chi connectivity index (χ4v) is 2.39. The summed E-state index contributed by atoms with van der Waals surface area (Å²) in [6.45, 7) is 3.19. The van der Waals surface area contributed by atoms with Crippen molar-refractivity contribution in [1.29, 1.82) is 0 Å². The van der Waals surface area contributed by atoms with Crippen molar-refractivity contribution in [1.82, 2.24) is 0 Å². The molecular formula is C12H16ClNO3S. The third kappa shape index (κ3) is 3.71. The molecule has 0 spiro atoms. The SMILES string of the molecule is CC(C)S(=O)(=O)CCC(=O)c1ccc(Cl)c(N)c1. The van der Waals surface area contributed by atoms with Gasteiger partial charge in [0, 0.05) is 12.0 Å². The highest BCUT2D eigenvalue weighted by molar-refractivity contribution is 7.91. The number of hydrogen-bond donors (Lipinski definition) is 1. The van der Waals surface area contributed by atoms with Crippen LogP contribution in [0.15, 0.2) is 18.2 Å². The second-order valence-corrected chi connectivity index (χ2v) is 7.41. The maximum atomic E-state index is 11.8. The lowest BCUT2D eigenvalue weighted by Crippen LogP contribution is -2.19. The number of Topliss-reactive ketones (excluding diaryl/α,β-unsaturated/α-hetero) is 1. The first-order valence-electron chi connectivity index (χ1n) is 5.54. The Labute approximate surface area is 112 Å². The second-order valence-electron chi connectivity index (χ2n) is 4.33. The molecule has 0 radical (unpaired) electrons. The number of sulfone groups is 1. The Kier molecular flexibility index (Phi) is 4.76. The van der Waals surface area contributed by atoms with Gasteiger partial charge in [-0.25, -0.2) is 8.42 Å². The van der Waals surface area contributed by atoms with E-state index in [1.807, 2.05) is 0 Å². The molecule has 1 aromatic rings. The highest BCUT2D eigenvalue weighted by atomic mass is 35.5. The number of nitrogens with two attached hydrogens (primary N) is 1. The minimum Gasteiger partial charge on any atom is -0.398 e. The Morgan fingerprint density at radius 3 is 2.50 bits per heavy atom. The molecule has 0 amide bonds. The van der Waals surface area contributed by atoms with Gasteiger partial charge in [0.15, 0.2) is 15.6 Å². The smallest absolute Gasteiger partial charge is 0.163 e. The van der Waals surface area contributed by atoms with Crippen molar-refractivity contribution in [2.75, 3.05) is 11.5 Å². The fourth-order valence-electron chi connectivity index (χ4n) is 1.33. The van der Waals surface area contributed by atoms with Crippen LogP contribution >= 0.6 is 11.6 Å². The molecule has 0 unspecified atom stereocenters. The second kappa shape index (κ2) is 5.71. The van der Waals surface area contributed by atoms with Gasteiger partial charge in [-0.3, -0.25) is 4.79 Å². The molecule has 0 atom stereocenters. The van der Waals surface area contributed by atoms with E-state index in [1.165, 1.54) is 12.1 Å². The monoisotopic (exact) mass is 289 g/mol. The minimum absolute atomic E-state index is 0.0401. The third-order valence-corrected chi connectivity index (χ3v) is 5.20. The largest absolute Gasteiger partial charge is 0.398 e. The summed E-state index contributed by atoms with van der Waals surface area (Å²) in [4.78, 5) is 11.8. The van der Waals surface area contributed by atoms with Crippen molar-refractivity contribution in [3.8, 4) is 0 Å². The molecule has 4 nitrogen and oxygen atoms in total. The number of halogens is 1. The first-order valence-corrected chi connectivity index (χ1v) is 7.63. The van der Waals surface area contributed by atoms with Crippen LogP contribution in [0, 0.1) is 0 Å². The molecule has 0 fully saturated rings. The zero-order valence-corrected chi connectivity index (χ0v) is 11.9. The summed E-state index contributed by atoms with van der Waals surface area (Å²) < 4.78 is 23.2. The van der Waals surface area contributed by atoms with Crippen molar-refractivity contribution in [3.05, 3.63) is 28.8 Å². The Morgan fingerprint density at radius 1 is 1.39 bits per heavy atom. The molecule has 1 aromatic carbocycles. The topological polar surface area (TPSA) is 77.2 Å². The van der Waals surface area contributed by atoms with E-state index >= 15 is 0 Å². The van der Waals surface area contributed by atoms with Gasteiger partial charge in [-0.2, -0.15) is 0 Å². The zero-order valence-electron chi connectivity index (χ0n) is 10.3. The third-order valence-electron chi connectivity index (χ3n) is 2.65. The van der Waals surface area contributed by atoms with Crippen molar-refractivity contribution in [3.63, 3.8) is 0 Å². The predicted octanol–water partition coefficient (Wildman–Crippen LogP) is 2.32. The number of nitrogen functional groups attached to an aromatic ring is 1. The standard InChI is InChI=1S/C12H16ClNO3S/c1-8(2)18(16,17)6-5-12(15)9-3-4-10(13)11(14)7-9/h3-4,7-8H,5-6,14H2,1-2H3. The van der Waals surface area contributed by atoms with E-state index in [1.54, 1.807) is 19.9 Å². The van der Waals surface area contributed by atoms with Crippen LogP contribution in [-0.4, -0.2) is 25.2 Å². The molecule has 18 heavy (non-hydrogen) atoms. The van der Waals surface area contributed by atoms with Gasteiger partial charge in [-0.15, -0.1) is 0 Å². The number of carbonyl (C=O) groups is 1. The average molecular weight is 290 g/mol. The van der Waals surface area contributed by atoms with Gasteiger partial charge in [0.1, 0.15) is 0 Å². The van der Waals surface area contributed by atoms with Gasteiger partial charge in [-0.1, -0.05) is 11.6 Å². The summed E-state index contributed by atoms with van der Waals surface area (Å²) in [7, 11) is -3.20. The van der Waals surface area contributed by atoms with E-state index in [0.717, 1.165) is 0 Å². The molecule has 0 saturated carbocycles. The molecule has 1 rings (SSSR count). The molecule has 2 N–H and O–H groups in total. The summed E-state index contributed by atoms with van der Waals surface area (Å²) >= 11 is 5.74. The molecular weight excluding hydrogens is 274 g/mol. The molecule has 0 heterocycles. The first kappa shape index (κ1) is 15.0. The van der Waals surface area contributed by atoms with E-state index in [4.69, 9.17) is 17.3 Å². The fraction of sp³-hybridized carbons (Fsp3) is 0.417. The molecule has 0 aliphatic rings. The Bertz CT molecular complexity index is 552. The number of hydrogen-bond acceptors (Lipinski definition) is 4. The van der Waals surface area contributed by atoms with Gasteiger partial charge in [-0.05, 0) is 32.0 Å². The van der Waals surface area contributed by atoms with Crippen LogP contribution in [-0.2, 0) is 9.84 Å². The minimum atomic E-state index is -3.20. The maximum Gasteiger partial charge on any atom is 0.163 e. The summed E-state index contributed by atoms with van der Waals surface area (Å²) in [6.07, 6.45) is -0.0401. The highest BCUT2D eigenvalue weighted by Gasteiger charge is 2.18. The van der Waals surface area contributed by atoms with Crippen LogP contribution in [0.5, 0.6) is 0 Å². The van der Waals surface area contributed by atoms with Crippen LogP contribution in [0.4, 0.5) is 5.69 Å². The van der Waals surface area contributed by atoms with Crippen LogP contribution in [0.3, 0.4) is 0 Å². The van der Waals surface area contributed by atoms with E-state index in [-0.39, 0.29) is 18.0 Å². The van der Waals surface area contributed by atoms with Crippen LogP contribution in [0.1, 0.15) is 30.6 Å². The lowest BCUT2D eigenvalue weighted by molar-refractivity contribution is 0.0989. The van der Waals surface area contributed by atoms with Crippen molar-refractivity contribution >= 4 is 32.9 Å². The summed E-state index contributed by atoms with van der Waals surface area (Å²) in [5.74, 6) is -0.394. The molecule has 6 heteroatoms. The molecule has 0 saturated heterocycles. The Balaban J connectivity index is 2.75. The Hall–Kier alpha value is -1.07. The van der Waals surface area contributed by atoms with Crippen molar-refractivity contribution in [2.24, 2.45) is 0 Å². The average Bonchev–Trinajstić information content (AvgIpc) is 2.29. The van der Waals surface area contributed by atoms with Crippen LogP contribution in [0.2, 0.25) is 5.02 Å². The number of benzene rings is 1. The maximum absolute atomic E-state index is 11.8. The van der Waals surface area contributed by atoms with E-state index < -0.39 is 15.1 Å². The van der Waals surface area contributed by atoms with Gasteiger partial charge in [0.2, 0.25) is 0 Å². The number of rotatable bonds is 5.